The normalized spacial score (nSPS) is 11.4. The van der Waals surface area contributed by atoms with Crippen molar-refractivity contribution in [1.29, 1.82) is 0 Å². The molecule has 1 atom stereocenters. The van der Waals surface area contributed by atoms with E-state index in [1.807, 2.05) is 30.3 Å². The van der Waals surface area contributed by atoms with Crippen LogP contribution < -0.4 is 16.5 Å². The molecule has 0 aliphatic rings. The first-order valence-electron chi connectivity index (χ1n) is 12.8. The first-order valence-corrected chi connectivity index (χ1v) is 12.8. The standard InChI is InChI=1S/C30H28BFN4O5/c1-19(35(2)30(40)41-18-20-6-4-3-5-7-20)28(38)34-25-12-13-26(31)36(29(25)39)17-21-14-23(16-33-15-21)27(37)22-8-10-24(32)11-9-22/h3-16,19H,17-18,31H2,1-2H3,(H,34,38)/t19-/m0/s1. The molecule has 0 radical (unpaired) electrons. The molecule has 2 heterocycles. The van der Waals surface area contributed by atoms with Crippen LogP contribution in [-0.2, 0) is 22.7 Å². The van der Waals surface area contributed by atoms with E-state index in [-0.39, 0.29) is 24.6 Å². The second kappa shape index (κ2) is 12.9. The van der Waals surface area contributed by atoms with Crippen LogP contribution in [0.15, 0.2) is 90.0 Å². The molecule has 0 unspecified atom stereocenters. The monoisotopic (exact) mass is 554 g/mol. The molecule has 2 aromatic heterocycles. The lowest BCUT2D eigenvalue weighted by Gasteiger charge is -2.23. The number of ketones is 1. The van der Waals surface area contributed by atoms with Crippen molar-refractivity contribution in [1.82, 2.24) is 14.5 Å². The third-order valence-corrected chi connectivity index (χ3v) is 6.61. The van der Waals surface area contributed by atoms with Crippen molar-refractivity contribution < 1.29 is 23.5 Å². The average Bonchev–Trinajstić information content (AvgIpc) is 2.99. The second-order valence-corrected chi connectivity index (χ2v) is 9.51. The highest BCUT2D eigenvalue weighted by Gasteiger charge is 2.24. The third kappa shape index (κ3) is 7.13. The lowest BCUT2D eigenvalue weighted by atomic mass is 10.0. The maximum atomic E-state index is 13.3. The zero-order valence-electron chi connectivity index (χ0n) is 22.8. The number of anilines is 1. The predicted molar refractivity (Wildman–Crippen MR) is 155 cm³/mol. The van der Waals surface area contributed by atoms with Crippen molar-refractivity contribution in [3.05, 3.63) is 124 Å². The third-order valence-electron chi connectivity index (χ3n) is 6.61. The fourth-order valence-electron chi connectivity index (χ4n) is 4.00. The number of likely N-dealkylation sites (N-methyl/N-ethyl adjacent to an activating group) is 1. The number of benzene rings is 2. The first-order chi connectivity index (χ1) is 19.6. The highest BCUT2D eigenvalue weighted by Crippen LogP contribution is 2.13. The Morgan fingerprint density at radius 1 is 1.00 bits per heavy atom. The predicted octanol–water partition coefficient (Wildman–Crippen LogP) is 2.52. The van der Waals surface area contributed by atoms with E-state index in [9.17, 15) is 23.6 Å². The molecular weight excluding hydrogens is 526 g/mol. The van der Waals surface area contributed by atoms with Gasteiger partial charge in [-0.15, -0.1) is 0 Å². The zero-order chi connectivity index (χ0) is 29.5. The Labute approximate surface area is 237 Å². The van der Waals surface area contributed by atoms with Crippen LogP contribution >= 0.6 is 0 Å². The van der Waals surface area contributed by atoms with Crippen LogP contribution in [0, 0.1) is 5.82 Å². The van der Waals surface area contributed by atoms with Gasteiger partial charge in [0.15, 0.2) is 13.6 Å². The Kier molecular flexibility index (Phi) is 9.08. The maximum Gasteiger partial charge on any atom is 0.410 e. The largest absolute Gasteiger partial charge is 0.445 e. The number of carbonyl (C=O) groups excluding carboxylic acids is 3. The molecule has 0 saturated carbocycles. The molecule has 2 aromatic carbocycles. The van der Waals surface area contributed by atoms with E-state index in [0.717, 1.165) is 10.5 Å². The first kappa shape index (κ1) is 28.9. The van der Waals surface area contributed by atoms with Crippen molar-refractivity contribution in [3.63, 3.8) is 0 Å². The molecule has 2 amide bonds. The van der Waals surface area contributed by atoms with E-state index in [1.54, 1.807) is 20.0 Å². The lowest BCUT2D eigenvalue weighted by Crippen LogP contribution is -2.44. The fraction of sp³-hybridized carbons (Fsp3) is 0.167. The summed E-state index contributed by atoms with van der Waals surface area (Å²) in [5, 5.41) is 2.61. The molecule has 0 saturated heterocycles. The molecule has 4 rings (SSSR count). The van der Waals surface area contributed by atoms with Gasteiger partial charge in [0.1, 0.15) is 24.2 Å². The molecule has 9 nitrogen and oxygen atoms in total. The van der Waals surface area contributed by atoms with Gasteiger partial charge >= 0.3 is 6.09 Å². The minimum absolute atomic E-state index is 0.0324. The number of ether oxygens (including phenoxy) is 1. The van der Waals surface area contributed by atoms with Gasteiger partial charge in [-0.3, -0.25) is 24.3 Å². The average molecular weight is 554 g/mol. The highest BCUT2D eigenvalue weighted by atomic mass is 19.1. The number of amides is 2. The van der Waals surface area contributed by atoms with Crippen molar-refractivity contribution >= 4 is 36.9 Å². The number of halogens is 1. The highest BCUT2D eigenvalue weighted by molar-refractivity contribution is 6.30. The van der Waals surface area contributed by atoms with Gasteiger partial charge in [-0.25, -0.2) is 9.18 Å². The molecule has 0 fully saturated rings. The Morgan fingerprint density at radius 2 is 1.71 bits per heavy atom. The topological polar surface area (TPSA) is 111 Å². The number of rotatable bonds is 9. The van der Waals surface area contributed by atoms with E-state index < -0.39 is 29.4 Å². The van der Waals surface area contributed by atoms with Crippen LogP contribution in [0.5, 0.6) is 0 Å². The summed E-state index contributed by atoms with van der Waals surface area (Å²) in [5.41, 5.74) is 2.19. The quantitative estimate of drug-likeness (QED) is 0.252. The number of hydrogen-bond donors (Lipinski definition) is 1. The molecule has 4 aromatic rings. The summed E-state index contributed by atoms with van der Waals surface area (Å²) in [6.45, 7) is 1.68. The summed E-state index contributed by atoms with van der Waals surface area (Å²) in [6, 6.07) is 18.2. The molecule has 0 bridgehead atoms. The molecule has 41 heavy (non-hydrogen) atoms. The van der Waals surface area contributed by atoms with E-state index >= 15 is 0 Å². The van der Waals surface area contributed by atoms with Gasteiger partial charge in [0, 0.05) is 30.6 Å². The van der Waals surface area contributed by atoms with Crippen LogP contribution in [0.25, 0.3) is 0 Å². The summed E-state index contributed by atoms with van der Waals surface area (Å²) in [4.78, 5) is 56.8. The fourth-order valence-corrected chi connectivity index (χ4v) is 4.00. The minimum atomic E-state index is -0.925. The molecule has 0 aliphatic carbocycles. The van der Waals surface area contributed by atoms with Crippen molar-refractivity contribution in [2.24, 2.45) is 0 Å². The van der Waals surface area contributed by atoms with E-state index in [0.29, 0.717) is 22.3 Å². The van der Waals surface area contributed by atoms with E-state index in [2.05, 4.69) is 10.3 Å². The van der Waals surface area contributed by atoms with Crippen LogP contribution in [-0.4, -0.2) is 53.2 Å². The van der Waals surface area contributed by atoms with Gasteiger partial charge in [-0.1, -0.05) is 36.4 Å². The molecular formula is C30H28BFN4O5. The summed E-state index contributed by atoms with van der Waals surface area (Å²) < 4.78 is 20.0. The van der Waals surface area contributed by atoms with Gasteiger partial charge < -0.3 is 14.6 Å². The SMILES string of the molecule is Bc1ccc(NC(=O)[C@H](C)N(C)C(=O)OCc2ccccc2)c(=O)n1Cc1cncc(C(=O)c2ccc(F)cc2)c1. The van der Waals surface area contributed by atoms with Gasteiger partial charge in [0.05, 0.1) is 6.54 Å². The summed E-state index contributed by atoms with van der Waals surface area (Å²) in [7, 11) is 3.19. The van der Waals surface area contributed by atoms with Crippen LogP contribution in [0.1, 0.15) is 34.0 Å². The molecule has 11 heteroatoms. The van der Waals surface area contributed by atoms with Crippen LogP contribution in [0.2, 0.25) is 0 Å². The smallest absolute Gasteiger partial charge is 0.410 e. The van der Waals surface area contributed by atoms with Gasteiger partial charge in [-0.2, -0.15) is 0 Å². The lowest BCUT2D eigenvalue weighted by molar-refractivity contribution is -0.120. The Bertz CT molecular complexity index is 1630. The minimum Gasteiger partial charge on any atom is -0.445 e. The maximum absolute atomic E-state index is 13.3. The Hall–Kier alpha value is -5.06. The van der Waals surface area contributed by atoms with E-state index in [1.165, 1.54) is 61.3 Å². The Morgan fingerprint density at radius 3 is 2.41 bits per heavy atom. The molecule has 1 N–H and O–H groups in total. The van der Waals surface area contributed by atoms with Crippen molar-refractivity contribution in [2.45, 2.75) is 26.1 Å². The molecule has 0 aliphatic heterocycles. The molecule has 0 spiro atoms. The zero-order valence-corrected chi connectivity index (χ0v) is 22.8. The van der Waals surface area contributed by atoms with Gasteiger partial charge in [-0.05, 0) is 60.0 Å². The summed E-state index contributed by atoms with van der Waals surface area (Å²) in [5.74, 6) is -1.34. The molecule has 208 valence electrons. The summed E-state index contributed by atoms with van der Waals surface area (Å²) in [6.07, 6.45) is 2.27. The van der Waals surface area contributed by atoms with Crippen molar-refractivity contribution in [2.75, 3.05) is 12.4 Å². The number of hydrogen-bond acceptors (Lipinski definition) is 6. The van der Waals surface area contributed by atoms with Crippen LogP contribution in [0.4, 0.5) is 14.9 Å². The van der Waals surface area contributed by atoms with E-state index in [4.69, 9.17) is 4.74 Å². The number of carbonyl (C=O) groups is 3. The van der Waals surface area contributed by atoms with Crippen LogP contribution in [0.3, 0.4) is 0 Å². The summed E-state index contributed by atoms with van der Waals surface area (Å²) >= 11 is 0. The number of nitrogens with zero attached hydrogens (tertiary/aromatic N) is 3. The Balaban J connectivity index is 1.45. The second-order valence-electron chi connectivity index (χ2n) is 9.51. The van der Waals surface area contributed by atoms with Gasteiger partial charge in [0.25, 0.3) is 5.56 Å². The number of pyridine rings is 2. The van der Waals surface area contributed by atoms with Gasteiger partial charge in [0.2, 0.25) is 5.91 Å². The van der Waals surface area contributed by atoms with Crippen molar-refractivity contribution in [3.8, 4) is 0 Å². The number of nitrogens with one attached hydrogen (secondary N) is 1. The number of aromatic nitrogens is 2.